The number of aliphatic hydroxyl groups is 1. The van der Waals surface area contributed by atoms with E-state index in [4.69, 9.17) is 4.74 Å². The van der Waals surface area contributed by atoms with Crippen molar-refractivity contribution in [3.8, 4) is 5.75 Å². The second kappa shape index (κ2) is 14.9. The lowest BCUT2D eigenvalue weighted by atomic mass is 10.1. The molecule has 0 heterocycles. The van der Waals surface area contributed by atoms with Gasteiger partial charge in [0.05, 0.1) is 18.8 Å². The number of rotatable bonds is 11. The predicted molar refractivity (Wildman–Crippen MR) is 129 cm³/mol. The summed E-state index contributed by atoms with van der Waals surface area (Å²) in [6, 6.07) is 7.99. The van der Waals surface area contributed by atoms with Crippen molar-refractivity contribution in [3.63, 3.8) is 0 Å². The Kier molecular flexibility index (Phi) is 14.3. The molecule has 6 nitrogen and oxygen atoms in total. The maximum atomic E-state index is 10.5. The highest BCUT2D eigenvalue weighted by Crippen LogP contribution is 2.19. The van der Waals surface area contributed by atoms with Crippen LogP contribution in [0.1, 0.15) is 53.2 Å². The van der Waals surface area contributed by atoms with Crippen molar-refractivity contribution in [2.75, 3.05) is 32.7 Å². The molecule has 7 heteroatoms. The number of hydrogen-bond acceptors (Lipinski definition) is 4. The Bertz CT molecular complexity index is 565. The van der Waals surface area contributed by atoms with Gasteiger partial charge in [-0.1, -0.05) is 26.0 Å². The highest BCUT2D eigenvalue weighted by molar-refractivity contribution is 14.0. The van der Waals surface area contributed by atoms with Gasteiger partial charge >= 0.3 is 0 Å². The van der Waals surface area contributed by atoms with Crippen molar-refractivity contribution >= 4 is 29.9 Å². The molecule has 2 atom stereocenters. The van der Waals surface area contributed by atoms with Crippen molar-refractivity contribution < 1.29 is 9.84 Å². The summed E-state index contributed by atoms with van der Waals surface area (Å²) < 4.78 is 5.71. The lowest BCUT2D eigenvalue weighted by molar-refractivity contribution is 0.179. The number of hydrogen-bond donors (Lipinski definition) is 3. The number of nitrogens with one attached hydrogen (secondary N) is 2. The van der Waals surface area contributed by atoms with Crippen molar-refractivity contribution in [1.82, 2.24) is 15.5 Å². The number of nitrogens with zero attached hydrogens (tertiary/aromatic N) is 2. The maximum absolute atomic E-state index is 10.5. The van der Waals surface area contributed by atoms with E-state index in [9.17, 15) is 5.11 Å². The van der Waals surface area contributed by atoms with E-state index in [-0.39, 0.29) is 30.1 Å². The fourth-order valence-corrected chi connectivity index (χ4v) is 2.91. The SMILES string of the molecule is CCNC(=NCC(C)N(CC)CC)NCC(O)c1cccc(OC(C)C)c1.I. The molecule has 1 aromatic rings. The van der Waals surface area contributed by atoms with Crippen LogP contribution in [0.3, 0.4) is 0 Å². The number of ether oxygens (including phenoxy) is 1. The molecule has 0 aliphatic rings. The van der Waals surface area contributed by atoms with Gasteiger partial charge in [0.25, 0.3) is 0 Å². The minimum Gasteiger partial charge on any atom is -0.491 e. The Morgan fingerprint density at radius 3 is 2.39 bits per heavy atom. The molecular formula is C21H39IN4O2. The molecular weight excluding hydrogens is 467 g/mol. The third-order valence-electron chi connectivity index (χ3n) is 4.37. The van der Waals surface area contributed by atoms with Gasteiger partial charge in [-0.2, -0.15) is 0 Å². The fourth-order valence-electron chi connectivity index (χ4n) is 2.91. The van der Waals surface area contributed by atoms with E-state index in [1.54, 1.807) is 0 Å². The molecule has 28 heavy (non-hydrogen) atoms. The minimum absolute atomic E-state index is 0. The smallest absolute Gasteiger partial charge is 0.191 e. The summed E-state index contributed by atoms with van der Waals surface area (Å²) in [5.41, 5.74) is 0.827. The molecule has 0 saturated heterocycles. The standard InChI is InChI=1S/C21H38N4O2.HI/c1-7-22-21(23-14-17(6)25(8-2)9-3)24-15-20(26)18-11-10-12-19(13-18)27-16(4)5;/h10-13,16-17,20,26H,7-9,14-15H2,1-6H3,(H2,22,23,24);1H. The van der Waals surface area contributed by atoms with Crippen molar-refractivity contribution in [3.05, 3.63) is 29.8 Å². The second-order valence-electron chi connectivity index (χ2n) is 6.93. The van der Waals surface area contributed by atoms with Crippen LogP contribution in [0, 0.1) is 0 Å². The van der Waals surface area contributed by atoms with Crippen LogP contribution in [0.15, 0.2) is 29.3 Å². The van der Waals surface area contributed by atoms with Gasteiger partial charge in [-0.05, 0) is 58.5 Å². The zero-order chi connectivity index (χ0) is 20.2. The Morgan fingerprint density at radius 1 is 1.14 bits per heavy atom. The predicted octanol–water partition coefficient (Wildman–Crippen LogP) is 3.41. The number of aliphatic hydroxyl groups excluding tert-OH is 1. The molecule has 0 spiro atoms. The molecule has 0 amide bonds. The van der Waals surface area contributed by atoms with E-state index >= 15 is 0 Å². The van der Waals surface area contributed by atoms with Crippen molar-refractivity contribution in [2.24, 2.45) is 4.99 Å². The topological polar surface area (TPSA) is 69.1 Å². The average molecular weight is 506 g/mol. The molecule has 0 aliphatic carbocycles. The molecule has 0 saturated carbocycles. The van der Waals surface area contributed by atoms with Crippen LogP contribution in [0.2, 0.25) is 0 Å². The Labute approximate surface area is 188 Å². The van der Waals surface area contributed by atoms with Gasteiger partial charge in [-0.15, -0.1) is 24.0 Å². The molecule has 1 aromatic carbocycles. The first-order valence-corrected chi connectivity index (χ1v) is 10.1. The third-order valence-corrected chi connectivity index (χ3v) is 4.37. The summed E-state index contributed by atoms with van der Waals surface area (Å²) in [7, 11) is 0. The molecule has 0 radical (unpaired) electrons. The normalized spacial score (nSPS) is 13.8. The summed E-state index contributed by atoms with van der Waals surface area (Å²) in [6.45, 7) is 16.5. The molecule has 3 N–H and O–H groups in total. The van der Waals surface area contributed by atoms with Crippen LogP contribution in [-0.2, 0) is 0 Å². The first kappa shape index (κ1) is 26.9. The first-order chi connectivity index (χ1) is 12.9. The maximum Gasteiger partial charge on any atom is 0.191 e. The monoisotopic (exact) mass is 506 g/mol. The van der Waals surface area contributed by atoms with Gasteiger partial charge in [0.2, 0.25) is 0 Å². The van der Waals surface area contributed by atoms with E-state index in [1.807, 2.05) is 45.0 Å². The quantitative estimate of drug-likeness (QED) is 0.244. The van der Waals surface area contributed by atoms with E-state index < -0.39 is 6.10 Å². The third kappa shape index (κ3) is 9.93. The first-order valence-electron chi connectivity index (χ1n) is 10.1. The van der Waals surface area contributed by atoms with Crippen molar-refractivity contribution in [1.29, 1.82) is 0 Å². The highest BCUT2D eigenvalue weighted by Gasteiger charge is 2.12. The summed E-state index contributed by atoms with van der Waals surface area (Å²) in [4.78, 5) is 7.05. The van der Waals surface area contributed by atoms with Crippen LogP contribution >= 0.6 is 24.0 Å². The lowest BCUT2D eigenvalue weighted by Crippen LogP contribution is -2.41. The molecule has 0 aliphatic heterocycles. The number of likely N-dealkylation sites (N-methyl/N-ethyl adjacent to an activating group) is 1. The largest absolute Gasteiger partial charge is 0.491 e. The fraction of sp³-hybridized carbons (Fsp3) is 0.667. The number of halogens is 1. The number of guanidine groups is 1. The second-order valence-corrected chi connectivity index (χ2v) is 6.93. The van der Waals surface area contributed by atoms with Crippen LogP contribution in [-0.4, -0.2) is 60.8 Å². The van der Waals surface area contributed by atoms with Gasteiger partial charge in [0, 0.05) is 19.1 Å². The van der Waals surface area contributed by atoms with E-state index in [2.05, 4.69) is 41.3 Å². The Balaban J connectivity index is 0.00000729. The number of aliphatic imine (C=N–C) groups is 1. The van der Waals surface area contributed by atoms with Gasteiger partial charge in [0.15, 0.2) is 5.96 Å². The summed E-state index contributed by atoms with van der Waals surface area (Å²) in [6.07, 6.45) is -0.527. The van der Waals surface area contributed by atoms with Gasteiger partial charge in [-0.25, -0.2) is 0 Å². The van der Waals surface area contributed by atoms with Crippen LogP contribution in [0.25, 0.3) is 0 Å². The average Bonchev–Trinajstić information content (AvgIpc) is 2.64. The molecule has 162 valence electrons. The molecule has 0 aromatic heterocycles. The Hall–Kier alpha value is -1.06. The summed E-state index contributed by atoms with van der Waals surface area (Å²) in [5.74, 6) is 1.50. The van der Waals surface area contributed by atoms with E-state index in [0.29, 0.717) is 19.1 Å². The van der Waals surface area contributed by atoms with Crippen LogP contribution in [0.5, 0.6) is 5.75 Å². The lowest BCUT2D eigenvalue weighted by Gasteiger charge is -2.25. The molecule has 0 fully saturated rings. The van der Waals surface area contributed by atoms with Gasteiger partial charge in [-0.3, -0.25) is 9.89 Å². The van der Waals surface area contributed by atoms with Crippen molar-refractivity contribution in [2.45, 2.75) is 59.8 Å². The summed E-state index contributed by atoms with van der Waals surface area (Å²) in [5, 5.41) is 17.0. The zero-order valence-electron chi connectivity index (χ0n) is 18.2. The Morgan fingerprint density at radius 2 is 1.82 bits per heavy atom. The molecule has 2 unspecified atom stereocenters. The van der Waals surface area contributed by atoms with E-state index in [1.165, 1.54) is 0 Å². The molecule has 0 bridgehead atoms. The number of benzene rings is 1. The van der Waals surface area contributed by atoms with Gasteiger partial charge in [0.1, 0.15) is 5.75 Å². The zero-order valence-corrected chi connectivity index (χ0v) is 20.6. The molecule has 1 rings (SSSR count). The van der Waals surface area contributed by atoms with E-state index in [0.717, 1.165) is 36.9 Å². The van der Waals surface area contributed by atoms with Crippen LogP contribution in [0.4, 0.5) is 0 Å². The summed E-state index contributed by atoms with van der Waals surface area (Å²) >= 11 is 0. The minimum atomic E-state index is -0.634. The highest BCUT2D eigenvalue weighted by atomic mass is 127. The van der Waals surface area contributed by atoms with Gasteiger partial charge < -0.3 is 20.5 Å². The van der Waals surface area contributed by atoms with Crippen LogP contribution < -0.4 is 15.4 Å².